The number of ether oxygens (including phenoxy) is 1. The summed E-state index contributed by atoms with van der Waals surface area (Å²) >= 11 is 8.25. The van der Waals surface area contributed by atoms with E-state index in [1.807, 2.05) is 24.6 Å². The molecule has 3 heterocycles. The van der Waals surface area contributed by atoms with Gasteiger partial charge in [0, 0.05) is 21.6 Å². The highest BCUT2D eigenvalue weighted by atomic mass is 79.9. The average Bonchev–Trinajstić information content (AvgIpc) is 3.66. The van der Waals surface area contributed by atoms with Gasteiger partial charge in [0.2, 0.25) is 0 Å². The number of fused-ring (bicyclic) bond motifs is 3. The van der Waals surface area contributed by atoms with Crippen molar-refractivity contribution in [3.05, 3.63) is 91.0 Å². The molecule has 2 aromatic carbocycles. The zero-order valence-corrected chi connectivity index (χ0v) is 22.9. The van der Waals surface area contributed by atoms with Crippen molar-refractivity contribution >= 4 is 62.5 Å². The molecule has 0 amide bonds. The highest BCUT2D eigenvalue weighted by molar-refractivity contribution is 9.10. The average molecular weight is 580 g/mol. The first kappa shape index (κ1) is 22.9. The molecule has 4 nitrogen and oxygen atoms in total. The Kier molecular flexibility index (Phi) is 5.79. The standard InChI is InChI=1S/C27H19BrN2O2S3/c1-32-24(31)23-13-21(25(33-2)35-23)22-14-34-26(30-22)27(8-3-9-29-27)17-4-6-19-15(11-17)10-16-12-18(28)5-7-20(16)19/h3-9,11-14H,10H2,1-2H3. The van der Waals surface area contributed by atoms with E-state index in [0.29, 0.717) is 4.88 Å². The second kappa shape index (κ2) is 8.85. The number of thiophene rings is 1. The minimum absolute atomic E-state index is 0.321. The molecule has 0 fully saturated rings. The smallest absolute Gasteiger partial charge is 0.348 e. The van der Waals surface area contributed by atoms with Crippen LogP contribution in [-0.2, 0) is 16.7 Å². The summed E-state index contributed by atoms with van der Waals surface area (Å²) in [6.07, 6.45) is 8.89. The predicted octanol–water partition coefficient (Wildman–Crippen LogP) is 7.60. The zero-order chi connectivity index (χ0) is 24.2. The van der Waals surface area contributed by atoms with Crippen molar-refractivity contribution in [2.75, 3.05) is 13.4 Å². The maximum Gasteiger partial charge on any atom is 0.348 e. The van der Waals surface area contributed by atoms with Crippen LogP contribution in [0.25, 0.3) is 22.4 Å². The number of allylic oxidation sites excluding steroid dienone is 1. The number of thioether (sulfide) groups is 1. The maximum absolute atomic E-state index is 12.1. The number of methoxy groups -OCH3 is 1. The largest absolute Gasteiger partial charge is 0.465 e. The summed E-state index contributed by atoms with van der Waals surface area (Å²) in [6, 6.07) is 15.1. The quantitative estimate of drug-likeness (QED) is 0.159. The first-order valence-electron chi connectivity index (χ1n) is 10.9. The molecule has 0 spiro atoms. The summed E-state index contributed by atoms with van der Waals surface area (Å²) < 4.78 is 7.07. The van der Waals surface area contributed by atoms with Crippen LogP contribution >= 0.6 is 50.4 Å². The molecular formula is C27H19BrN2O2S3. The van der Waals surface area contributed by atoms with Crippen LogP contribution in [0.3, 0.4) is 0 Å². The summed E-state index contributed by atoms with van der Waals surface area (Å²) in [4.78, 5) is 22.7. The molecule has 0 N–H and O–H groups in total. The lowest BCUT2D eigenvalue weighted by Gasteiger charge is -2.23. The number of rotatable bonds is 5. The van der Waals surface area contributed by atoms with Crippen molar-refractivity contribution in [3.63, 3.8) is 0 Å². The molecule has 8 heteroatoms. The Morgan fingerprint density at radius 3 is 2.66 bits per heavy atom. The highest BCUT2D eigenvalue weighted by Gasteiger charge is 2.37. The molecule has 0 saturated carbocycles. The fourth-order valence-electron chi connectivity index (χ4n) is 4.70. The Morgan fingerprint density at radius 2 is 1.91 bits per heavy atom. The normalized spacial score (nSPS) is 17.6. The molecule has 1 aliphatic heterocycles. The SMILES string of the molecule is COC(=O)c1cc(-c2csc(C3(c4ccc5c(c4)Cc4cc(Br)ccc4-5)C=CC=N3)n2)c(SC)s1. The van der Waals surface area contributed by atoms with Gasteiger partial charge in [-0.2, -0.15) is 0 Å². The number of hydrogen-bond donors (Lipinski definition) is 0. The molecule has 2 aromatic heterocycles. The zero-order valence-electron chi connectivity index (χ0n) is 18.9. The van der Waals surface area contributed by atoms with E-state index in [1.54, 1.807) is 23.1 Å². The predicted molar refractivity (Wildman–Crippen MR) is 149 cm³/mol. The van der Waals surface area contributed by atoms with Gasteiger partial charge in [-0.1, -0.05) is 40.2 Å². The fraction of sp³-hybridized carbons (Fsp3) is 0.148. The van der Waals surface area contributed by atoms with Crippen LogP contribution in [0.4, 0.5) is 0 Å². The van der Waals surface area contributed by atoms with Gasteiger partial charge >= 0.3 is 5.97 Å². The van der Waals surface area contributed by atoms with Gasteiger partial charge in [-0.15, -0.1) is 34.4 Å². The molecule has 0 radical (unpaired) electrons. The fourth-order valence-corrected chi connectivity index (χ4v) is 7.88. The Balaban J connectivity index is 1.40. The summed E-state index contributed by atoms with van der Waals surface area (Å²) in [5.74, 6) is -0.321. The number of hydrogen-bond acceptors (Lipinski definition) is 7. The Hall–Kier alpha value is -2.52. The first-order chi connectivity index (χ1) is 17.0. The Morgan fingerprint density at radius 1 is 1.11 bits per heavy atom. The molecule has 1 atom stereocenters. The van der Waals surface area contributed by atoms with Gasteiger partial charge in [-0.25, -0.2) is 9.78 Å². The van der Waals surface area contributed by atoms with E-state index in [2.05, 4.69) is 63.8 Å². The van der Waals surface area contributed by atoms with E-state index >= 15 is 0 Å². The number of esters is 1. The molecule has 1 unspecified atom stereocenters. The lowest BCUT2D eigenvalue weighted by molar-refractivity contribution is 0.0606. The number of halogens is 1. The van der Waals surface area contributed by atoms with Crippen LogP contribution in [0.15, 0.2) is 73.7 Å². The molecule has 6 rings (SSSR count). The highest BCUT2D eigenvalue weighted by Crippen LogP contribution is 2.46. The molecule has 4 aromatic rings. The lowest BCUT2D eigenvalue weighted by atomic mass is 9.89. The Bertz CT molecular complexity index is 1540. The maximum atomic E-state index is 12.1. The topological polar surface area (TPSA) is 51.5 Å². The molecule has 174 valence electrons. The third kappa shape index (κ3) is 3.74. The van der Waals surface area contributed by atoms with Crippen molar-refractivity contribution in [1.82, 2.24) is 4.98 Å². The van der Waals surface area contributed by atoms with Crippen molar-refractivity contribution in [1.29, 1.82) is 0 Å². The van der Waals surface area contributed by atoms with E-state index in [0.717, 1.165) is 36.9 Å². The molecular weight excluding hydrogens is 560 g/mol. The minimum Gasteiger partial charge on any atom is -0.465 e. The summed E-state index contributed by atoms with van der Waals surface area (Å²) in [5, 5.41) is 2.97. The van der Waals surface area contributed by atoms with Gasteiger partial charge in [-0.3, -0.25) is 4.99 Å². The third-order valence-corrected chi connectivity index (χ3v) is 10.1. The second-order valence-electron chi connectivity index (χ2n) is 8.30. The Labute approximate surface area is 223 Å². The molecule has 2 aliphatic rings. The van der Waals surface area contributed by atoms with Crippen LogP contribution < -0.4 is 0 Å². The second-order valence-corrected chi connectivity index (χ2v) is 12.2. The van der Waals surface area contributed by atoms with Gasteiger partial charge in [0.1, 0.15) is 9.88 Å². The number of nitrogens with zero attached hydrogens (tertiary/aromatic N) is 2. The van der Waals surface area contributed by atoms with Crippen molar-refractivity contribution < 1.29 is 9.53 Å². The number of aromatic nitrogens is 1. The number of thiazole rings is 1. The molecule has 35 heavy (non-hydrogen) atoms. The van der Waals surface area contributed by atoms with Gasteiger partial charge < -0.3 is 4.74 Å². The molecule has 0 saturated heterocycles. The molecule has 1 aliphatic carbocycles. The van der Waals surface area contributed by atoms with Crippen molar-refractivity contribution in [2.24, 2.45) is 4.99 Å². The first-order valence-corrected chi connectivity index (χ1v) is 14.6. The van der Waals surface area contributed by atoms with E-state index in [9.17, 15) is 4.79 Å². The summed E-state index contributed by atoms with van der Waals surface area (Å²) in [6.45, 7) is 0. The monoisotopic (exact) mass is 578 g/mol. The van der Waals surface area contributed by atoms with Crippen LogP contribution in [0.2, 0.25) is 0 Å². The third-order valence-electron chi connectivity index (χ3n) is 6.36. The van der Waals surface area contributed by atoms with Crippen LogP contribution in [-0.4, -0.2) is 30.5 Å². The molecule has 0 bridgehead atoms. The van der Waals surface area contributed by atoms with E-state index in [-0.39, 0.29) is 5.97 Å². The van der Waals surface area contributed by atoms with Gasteiger partial charge in [0.15, 0.2) is 5.54 Å². The van der Waals surface area contributed by atoms with Gasteiger partial charge in [-0.05, 0) is 70.8 Å². The van der Waals surface area contributed by atoms with Crippen LogP contribution in [0.1, 0.15) is 31.4 Å². The van der Waals surface area contributed by atoms with Crippen LogP contribution in [0, 0.1) is 0 Å². The number of carbonyl (C=O) groups is 1. The minimum atomic E-state index is -0.645. The van der Waals surface area contributed by atoms with Crippen LogP contribution in [0.5, 0.6) is 0 Å². The summed E-state index contributed by atoms with van der Waals surface area (Å²) in [7, 11) is 1.41. The number of aliphatic imine (C=N–C) groups is 1. The summed E-state index contributed by atoms with van der Waals surface area (Å²) in [5.41, 5.74) is 7.52. The van der Waals surface area contributed by atoms with E-state index < -0.39 is 5.54 Å². The van der Waals surface area contributed by atoms with Gasteiger partial charge in [0.25, 0.3) is 0 Å². The van der Waals surface area contributed by atoms with Gasteiger partial charge in [0.05, 0.1) is 17.0 Å². The number of carbonyl (C=O) groups excluding carboxylic acids is 1. The van der Waals surface area contributed by atoms with Crippen molar-refractivity contribution in [3.8, 4) is 22.4 Å². The number of benzene rings is 2. The van der Waals surface area contributed by atoms with Crippen molar-refractivity contribution in [2.45, 2.75) is 16.2 Å². The van der Waals surface area contributed by atoms with E-state index in [1.165, 1.54) is 40.7 Å². The lowest BCUT2D eigenvalue weighted by Crippen LogP contribution is -2.21. The van der Waals surface area contributed by atoms with E-state index in [4.69, 9.17) is 14.7 Å².